The number of carbonyl (C=O) groups is 1. The molecule has 1 rings (SSSR count). The Kier molecular flexibility index (Phi) is 5.90. The Morgan fingerprint density at radius 1 is 1.10 bits per heavy atom. The predicted octanol–water partition coefficient (Wildman–Crippen LogP) is 5.18. The van der Waals surface area contributed by atoms with Crippen molar-refractivity contribution in [1.29, 1.82) is 0 Å². The lowest BCUT2D eigenvalue weighted by Gasteiger charge is -2.21. The van der Waals surface area contributed by atoms with E-state index in [1.165, 1.54) is 7.11 Å². The van der Waals surface area contributed by atoms with Crippen molar-refractivity contribution in [1.82, 2.24) is 4.98 Å². The fourth-order valence-electron chi connectivity index (χ4n) is 1.16. The third-order valence-electron chi connectivity index (χ3n) is 2.28. The first-order chi connectivity index (χ1) is 9.39. The summed E-state index contributed by atoms with van der Waals surface area (Å²) in [6.07, 6.45) is 0. The van der Waals surface area contributed by atoms with Gasteiger partial charge in [0.15, 0.2) is 5.75 Å². The zero-order valence-electron chi connectivity index (χ0n) is 11.6. The van der Waals surface area contributed by atoms with E-state index in [0.29, 0.717) is 0 Å². The minimum absolute atomic E-state index is 0.0703. The Hall–Kier alpha value is -0.130. The molecule has 0 amide bonds. The molecular weight excluding hydrogens is 383 g/mol. The van der Waals surface area contributed by atoms with Crippen LogP contribution in [0, 0.1) is 5.41 Å². The van der Waals surface area contributed by atoms with Gasteiger partial charge in [-0.25, -0.2) is 4.98 Å². The van der Waals surface area contributed by atoms with Gasteiger partial charge in [0.1, 0.15) is 15.7 Å². The second kappa shape index (κ2) is 6.55. The van der Waals surface area contributed by atoms with Crippen molar-refractivity contribution >= 4 is 64.0 Å². The number of hydrogen-bond acceptors (Lipinski definition) is 4. The van der Waals surface area contributed by atoms with Gasteiger partial charge < -0.3 is 9.47 Å². The Balaban J connectivity index is 3.47. The number of halogens is 5. The van der Waals surface area contributed by atoms with Gasteiger partial charge in [0, 0.05) is 0 Å². The molecule has 0 atom stereocenters. The molecular formula is C12H12Cl5NO3. The van der Waals surface area contributed by atoms with Crippen molar-refractivity contribution in [2.75, 3.05) is 7.11 Å². The zero-order valence-corrected chi connectivity index (χ0v) is 15.3. The molecule has 0 saturated carbocycles. The van der Waals surface area contributed by atoms with E-state index in [1.807, 2.05) is 0 Å². The average molecular weight is 395 g/mol. The standard InChI is InChI=1S/C12H12Cl5NO3/c1-11(2,3)10(19)21-7-5(13)8(12(15,16)17)18-9(20-4)6(7)14/h1-4H3. The summed E-state index contributed by atoms with van der Waals surface area (Å²) in [5, 5.41) is -0.253. The molecule has 9 heteroatoms. The third kappa shape index (κ3) is 4.42. The molecule has 21 heavy (non-hydrogen) atoms. The van der Waals surface area contributed by atoms with Crippen LogP contribution in [0.15, 0.2) is 0 Å². The smallest absolute Gasteiger partial charge is 0.316 e. The summed E-state index contributed by atoms with van der Waals surface area (Å²) >= 11 is 29.5. The van der Waals surface area contributed by atoms with E-state index in [4.69, 9.17) is 67.5 Å². The highest BCUT2D eigenvalue weighted by Crippen LogP contribution is 2.48. The molecule has 0 spiro atoms. The number of hydrogen-bond donors (Lipinski definition) is 0. The number of esters is 1. The maximum Gasteiger partial charge on any atom is 0.316 e. The van der Waals surface area contributed by atoms with Crippen LogP contribution in [0.5, 0.6) is 11.6 Å². The molecule has 0 bridgehead atoms. The summed E-state index contributed by atoms with van der Waals surface area (Å²) in [5.74, 6) is -0.791. The van der Waals surface area contributed by atoms with Crippen molar-refractivity contribution in [3.8, 4) is 11.6 Å². The summed E-state index contributed by atoms with van der Waals surface area (Å²) in [6.45, 7) is 5.02. The first-order valence-corrected chi connectivity index (χ1v) is 7.51. The van der Waals surface area contributed by atoms with E-state index in [-0.39, 0.29) is 27.4 Å². The van der Waals surface area contributed by atoms with Crippen LogP contribution >= 0.6 is 58.0 Å². The summed E-state index contributed by atoms with van der Waals surface area (Å²) in [5.41, 5.74) is -0.921. The number of rotatable bonds is 2. The second-order valence-electron chi connectivity index (χ2n) is 5.06. The maximum absolute atomic E-state index is 12.0. The van der Waals surface area contributed by atoms with Gasteiger partial charge in [-0.2, -0.15) is 0 Å². The number of aromatic nitrogens is 1. The number of ether oxygens (including phenoxy) is 2. The minimum Gasteiger partial charge on any atom is -0.480 e. The summed E-state index contributed by atoms with van der Waals surface area (Å²) in [7, 11) is 1.32. The van der Waals surface area contributed by atoms with E-state index in [2.05, 4.69) is 4.98 Å². The highest BCUT2D eigenvalue weighted by atomic mass is 35.6. The number of methoxy groups -OCH3 is 1. The Morgan fingerprint density at radius 3 is 2.00 bits per heavy atom. The fourth-order valence-corrected chi connectivity index (χ4v) is 2.33. The van der Waals surface area contributed by atoms with Crippen molar-refractivity contribution in [3.63, 3.8) is 0 Å². The van der Waals surface area contributed by atoms with Gasteiger partial charge in [0.2, 0.25) is 9.67 Å². The molecule has 4 nitrogen and oxygen atoms in total. The largest absolute Gasteiger partial charge is 0.480 e. The SMILES string of the molecule is COc1nc(C(Cl)(Cl)Cl)c(Cl)c(OC(=O)C(C)(C)C)c1Cl. The Morgan fingerprint density at radius 2 is 1.62 bits per heavy atom. The lowest BCUT2D eigenvalue weighted by atomic mass is 9.97. The summed E-state index contributed by atoms with van der Waals surface area (Å²) in [4.78, 5) is 15.9. The first-order valence-electron chi connectivity index (χ1n) is 5.62. The Labute approximate surface area is 147 Å². The zero-order chi connectivity index (χ0) is 16.6. The van der Waals surface area contributed by atoms with Gasteiger partial charge >= 0.3 is 5.97 Å². The number of pyridine rings is 1. The molecule has 0 aliphatic heterocycles. The lowest BCUT2D eigenvalue weighted by molar-refractivity contribution is -0.142. The van der Waals surface area contributed by atoms with Crippen LogP contribution in [0.2, 0.25) is 10.0 Å². The minimum atomic E-state index is -1.93. The molecule has 0 aliphatic rings. The van der Waals surface area contributed by atoms with Gasteiger partial charge in [-0.05, 0) is 20.8 Å². The van der Waals surface area contributed by atoms with Gasteiger partial charge in [-0.1, -0.05) is 58.0 Å². The average Bonchev–Trinajstić information content (AvgIpc) is 2.31. The number of alkyl halides is 3. The molecule has 0 aliphatic carbocycles. The molecule has 1 heterocycles. The maximum atomic E-state index is 12.0. The molecule has 1 aromatic heterocycles. The molecule has 0 fully saturated rings. The van der Waals surface area contributed by atoms with Crippen molar-refractivity contribution in [2.24, 2.45) is 5.41 Å². The highest BCUT2D eigenvalue weighted by molar-refractivity contribution is 6.67. The summed E-state index contributed by atoms with van der Waals surface area (Å²) in [6, 6.07) is 0. The van der Waals surface area contributed by atoms with Crippen LogP contribution in [-0.2, 0) is 8.59 Å². The molecule has 0 unspecified atom stereocenters. The van der Waals surface area contributed by atoms with Gasteiger partial charge in [0.25, 0.3) is 0 Å². The molecule has 0 radical (unpaired) electrons. The lowest BCUT2D eigenvalue weighted by Crippen LogP contribution is -2.26. The normalized spacial score (nSPS) is 12.2. The fraction of sp³-hybridized carbons (Fsp3) is 0.500. The van der Waals surface area contributed by atoms with Crippen LogP contribution in [0.25, 0.3) is 0 Å². The quantitative estimate of drug-likeness (QED) is 0.512. The van der Waals surface area contributed by atoms with Crippen LogP contribution < -0.4 is 9.47 Å². The van der Waals surface area contributed by atoms with Crippen LogP contribution in [-0.4, -0.2) is 18.1 Å². The van der Waals surface area contributed by atoms with E-state index in [0.717, 1.165) is 0 Å². The van der Waals surface area contributed by atoms with Gasteiger partial charge in [-0.15, -0.1) is 0 Å². The predicted molar refractivity (Wildman–Crippen MR) is 85.1 cm³/mol. The van der Waals surface area contributed by atoms with Crippen LogP contribution in [0.4, 0.5) is 0 Å². The topological polar surface area (TPSA) is 48.4 Å². The third-order valence-corrected chi connectivity index (χ3v) is 3.50. The van der Waals surface area contributed by atoms with E-state index < -0.39 is 15.2 Å². The highest BCUT2D eigenvalue weighted by Gasteiger charge is 2.34. The molecule has 0 N–H and O–H groups in total. The second-order valence-corrected chi connectivity index (χ2v) is 8.10. The molecule has 0 aromatic carbocycles. The molecule has 1 aromatic rings. The summed E-state index contributed by atoms with van der Waals surface area (Å²) < 4.78 is 8.26. The monoisotopic (exact) mass is 393 g/mol. The first kappa shape index (κ1) is 18.9. The van der Waals surface area contributed by atoms with Gasteiger partial charge in [0.05, 0.1) is 12.5 Å². The van der Waals surface area contributed by atoms with Crippen LogP contribution in [0.1, 0.15) is 26.5 Å². The van der Waals surface area contributed by atoms with E-state index in [9.17, 15) is 4.79 Å². The van der Waals surface area contributed by atoms with Crippen molar-refractivity contribution in [3.05, 3.63) is 15.7 Å². The molecule has 0 saturated heterocycles. The molecule has 118 valence electrons. The van der Waals surface area contributed by atoms with Gasteiger partial charge in [-0.3, -0.25) is 4.79 Å². The van der Waals surface area contributed by atoms with E-state index >= 15 is 0 Å². The van der Waals surface area contributed by atoms with E-state index in [1.54, 1.807) is 20.8 Å². The number of carbonyl (C=O) groups excluding carboxylic acids is 1. The van der Waals surface area contributed by atoms with Crippen molar-refractivity contribution in [2.45, 2.75) is 24.6 Å². The Bertz CT molecular complexity index is 563. The van der Waals surface area contributed by atoms with Crippen molar-refractivity contribution < 1.29 is 14.3 Å². The van der Waals surface area contributed by atoms with Crippen LogP contribution in [0.3, 0.4) is 0 Å². The number of nitrogens with zero attached hydrogens (tertiary/aromatic N) is 1.